The quantitative estimate of drug-likeness (QED) is 0.253. The fourth-order valence-electron chi connectivity index (χ4n) is 3.02. The minimum atomic E-state index is -4.46. The van der Waals surface area contributed by atoms with Crippen LogP contribution in [0.4, 0.5) is 17.1 Å². The summed E-state index contributed by atoms with van der Waals surface area (Å²) in [6.07, 6.45) is 0. The first-order chi connectivity index (χ1) is 14.2. The summed E-state index contributed by atoms with van der Waals surface area (Å²) in [7, 11) is -4.46. The summed E-state index contributed by atoms with van der Waals surface area (Å²) in [5.41, 5.74) is 1.23. The van der Waals surface area contributed by atoms with Gasteiger partial charge in [0.05, 0.1) is 17.2 Å². The average Bonchev–Trinajstić information content (AvgIpc) is 2.72. The molecule has 4 N–H and O–H groups in total. The Hall–Kier alpha value is -3.21. The molecule has 0 saturated carbocycles. The molecular weight excluding hydrogens is 410 g/mol. The summed E-state index contributed by atoms with van der Waals surface area (Å²) in [6, 6.07) is 12.0. The predicted octanol–water partition coefficient (Wildman–Crippen LogP) is 3.73. The lowest BCUT2D eigenvalue weighted by Gasteiger charge is -2.21. The summed E-state index contributed by atoms with van der Waals surface area (Å²) in [6.45, 7) is 3.22. The molecule has 0 aliphatic rings. The second-order valence-corrected chi connectivity index (χ2v) is 7.89. The number of rotatable bonds is 7. The first-order valence-corrected chi connectivity index (χ1v) is 10.5. The first kappa shape index (κ1) is 21.5. The third-order valence-electron chi connectivity index (χ3n) is 4.57. The second kappa shape index (κ2) is 8.66. The van der Waals surface area contributed by atoms with E-state index >= 15 is 0 Å². The number of anilines is 1. The van der Waals surface area contributed by atoms with Crippen LogP contribution in [-0.2, 0) is 10.1 Å². The van der Waals surface area contributed by atoms with Crippen molar-refractivity contribution in [1.29, 1.82) is 0 Å². The van der Waals surface area contributed by atoms with Crippen molar-refractivity contribution in [3.63, 3.8) is 0 Å². The van der Waals surface area contributed by atoms with Crippen LogP contribution in [0.25, 0.3) is 10.8 Å². The maximum absolute atomic E-state index is 11.4. The van der Waals surface area contributed by atoms with Crippen molar-refractivity contribution < 1.29 is 28.3 Å². The Balaban J connectivity index is 2.02. The number of aliphatic hydroxyl groups is 1. The number of azo groups is 1. The zero-order valence-electron chi connectivity index (χ0n) is 16.1. The van der Waals surface area contributed by atoms with Crippen LogP contribution < -0.4 is 4.90 Å². The maximum atomic E-state index is 11.4. The van der Waals surface area contributed by atoms with Crippen LogP contribution in [0.2, 0.25) is 0 Å². The van der Waals surface area contributed by atoms with Gasteiger partial charge in [-0.15, -0.1) is 5.11 Å². The van der Waals surface area contributed by atoms with E-state index in [0.717, 1.165) is 18.3 Å². The van der Waals surface area contributed by atoms with E-state index in [4.69, 9.17) is 5.11 Å². The van der Waals surface area contributed by atoms with E-state index in [1.807, 2.05) is 24.0 Å². The number of phenolic OH excluding ortho intramolecular Hbond substituents is 2. The molecule has 0 atom stereocenters. The van der Waals surface area contributed by atoms with E-state index in [-0.39, 0.29) is 22.6 Å². The van der Waals surface area contributed by atoms with Gasteiger partial charge in [-0.3, -0.25) is 4.55 Å². The molecule has 0 unspecified atom stereocenters. The maximum Gasteiger partial charge on any atom is 0.294 e. The molecule has 0 spiro atoms. The first-order valence-electron chi connectivity index (χ1n) is 9.08. The standard InChI is InChI=1S/C20H21N3O6S/c1-2-23(9-10-24)15-6-4-14(5-7-15)21-22-19-17-12-16(30(27,28)29)8-3-13(17)11-18(25)20(19)26/h3-8,11-12,24-26H,2,9-10H2,1H3,(H,27,28,29). The number of benzene rings is 3. The second-order valence-electron chi connectivity index (χ2n) is 6.47. The SMILES string of the molecule is CCN(CCO)c1ccc(N=Nc2c(O)c(O)cc3ccc(S(=O)(=O)O)cc23)cc1. The number of aliphatic hydroxyl groups excluding tert-OH is 1. The number of hydrogen-bond donors (Lipinski definition) is 4. The molecule has 0 aliphatic carbocycles. The molecule has 0 radical (unpaired) electrons. The van der Waals surface area contributed by atoms with Crippen LogP contribution in [0.15, 0.2) is 63.7 Å². The highest BCUT2D eigenvalue weighted by atomic mass is 32.2. The highest BCUT2D eigenvalue weighted by molar-refractivity contribution is 7.85. The Morgan fingerprint density at radius 2 is 1.70 bits per heavy atom. The van der Waals surface area contributed by atoms with Crippen molar-refractivity contribution in [3.05, 3.63) is 48.5 Å². The van der Waals surface area contributed by atoms with Gasteiger partial charge >= 0.3 is 0 Å². The van der Waals surface area contributed by atoms with Crippen molar-refractivity contribution in [2.75, 3.05) is 24.6 Å². The van der Waals surface area contributed by atoms with Gasteiger partial charge in [-0.2, -0.15) is 13.5 Å². The third kappa shape index (κ3) is 4.51. The van der Waals surface area contributed by atoms with Crippen molar-refractivity contribution in [2.45, 2.75) is 11.8 Å². The summed E-state index contributed by atoms with van der Waals surface area (Å²) in [4.78, 5) is 1.61. The smallest absolute Gasteiger partial charge is 0.294 e. The number of aromatic hydroxyl groups is 2. The van der Waals surface area contributed by atoms with E-state index < -0.39 is 21.6 Å². The zero-order chi connectivity index (χ0) is 21.9. The van der Waals surface area contributed by atoms with Crippen molar-refractivity contribution >= 4 is 38.0 Å². The van der Waals surface area contributed by atoms with Gasteiger partial charge in [0.25, 0.3) is 10.1 Å². The molecule has 0 bridgehead atoms. The molecule has 3 aromatic rings. The minimum Gasteiger partial charge on any atom is -0.504 e. The molecule has 10 heteroatoms. The molecule has 0 aromatic heterocycles. The van der Waals surface area contributed by atoms with Crippen LogP contribution in [0.3, 0.4) is 0 Å². The van der Waals surface area contributed by atoms with Crippen molar-refractivity contribution in [2.24, 2.45) is 10.2 Å². The fourth-order valence-corrected chi connectivity index (χ4v) is 3.53. The van der Waals surface area contributed by atoms with E-state index in [9.17, 15) is 23.2 Å². The van der Waals surface area contributed by atoms with Gasteiger partial charge < -0.3 is 20.2 Å². The molecule has 3 rings (SSSR count). The zero-order valence-corrected chi connectivity index (χ0v) is 16.9. The number of phenols is 2. The lowest BCUT2D eigenvalue weighted by atomic mass is 10.1. The summed E-state index contributed by atoms with van der Waals surface area (Å²) in [5, 5.41) is 38.0. The van der Waals surface area contributed by atoms with Gasteiger partial charge in [-0.05, 0) is 54.8 Å². The monoisotopic (exact) mass is 431 g/mol. The Morgan fingerprint density at radius 3 is 2.30 bits per heavy atom. The summed E-state index contributed by atoms with van der Waals surface area (Å²) in [5.74, 6) is -0.996. The Labute approximate surface area is 173 Å². The number of nitrogens with zero attached hydrogens (tertiary/aromatic N) is 3. The number of fused-ring (bicyclic) bond motifs is 1. The van der Waals surface area contributed by atoms with Crippen LogP contribution >= 0.6 is 0 Å². The van der Waals surface area contributed by atoms with Gasteiger partial charge in [0.1, 0.15) is 5.69 Å². The lowest BCUT2D eigenvalue weighted by molar-refractivity contribution is 0.302. The van der Waals surface area contributed by atoms with E-state index in [1.165, 1.54) is 18.2 Å². The molecule has 0 heterocycles. The highest BCUT2D eigenvalue weighted by Gasteiger charge is 2.16. The molecular formula is C20H21N3O6S. The van der Waals surface area contributed by atoms with E-state index in [0.29, 0.717) is 17.6 Å². The van der Waals surface area contributed by atoms with Gasteiger partial charge in [0, 0.05) is 24.2 Å². The van der Waals surface area contributed by atoms with Crippen molar-refractivity contribution in [3.8, 4) is 11.5 Å². The molecule has 9 nitrogen and oxygen atoms in total. The Kier molecular flexibility index (Phi) is 6.20. The van der Waals surface area contributed by atoms with Crippen LogP contribution in [0, 0.1) is 0 Å². The van der Waals surface area contributed by atoms with Crippen molar-refractivity contribution in [1.82, 2.24) is 0 Å². The Morgan fingerprint density at radius 1 is 1.00 bits per heavy atom. The fraction of sp³-hybridized carbons (Fsp3) is 0.200. The minimum absolute atomic E-state index is 0.0324. The van der Waals surface area contributed by atoms with Crippen LogP contribution in [0.5, 0.6) is 11.5 Å². The van der Waals surface area contributed by atoms with E-state index in [1.54, 1.807) is 12.1 Å². The Bertz CT molecular complexity index is 1190. The number of likely N-dealkylation sites (N-methyl/N-ethyl adjacent to an activating group) is 1. The predicted molar refractivity (Wildman–Crippen MR) is 113 cm³/mol. The van der Waals surface area contributed by atoms with Crippen LogP contribution in [0.1, 0.15) is 6.92 Å². The third-order valence-corrected chi connectivity index (χ3v) is 5.42. The number of hydrogen-bond acceptors (Lipinski definition) is 8. The van der Waals surface area contributed by atoms with Crippen LogP contribution in [-0.4, -0.2) is 48.0 Å². The summed E-state index contributed by atoms with van der Waals surface area (Å²) < 4.78 is 32.2. The topological polar surface area (TPSA) is 143 Å². The molecule has 3 aromatic carbocycles. The lowest BCUT2D eigenvalue weighted by Crippen LogP contribution is -2.25. The molecule has 0 saturated heterocycles. The molecule has 0 amide bonds. The van der Waals surface area contributed by atoms with Gasteiger partial charge in [0.15, 0.2) is 11.5 Å². The van der Waals surface area contributed by atoms with Gasteiger partial charge in [-0.1, -0.05) is 6.07 Å². The molecule has 0 aliphatic heterocycles. The van der Waals surface area contributed by atoms with Gasteiger partial charge in [0.2, 0.25) is 0 Å². The molecule has 158 valence electrons. The highest BCUT2D eigenvalue weighted by Crippen LogP contribution is 2.43. The average molecular weight is 431 g/mol. The largest absolute Gasteiger partial charge is 0.504 e. The summed E-state index contributed by atoms with van der Waals surface area (Å²) >= 11 is 0. The normalized spacial score (nSPS) is 12.0. The molecule has 30 heavy (non-hydrogen) atoms. The molecule has 0 fully saturated rings. The van der Waals surface area contributed by atoms with E-state index in [2.05, 4.69) is 10.2 Å². The van der Waals surface area contributed by atoms with Gasteiger partial charge in [-0.25, -0.2) is 0 Å².